The van der Waals surface area contributed by atoms with Crippen molar-refractivity contribution in [3.05, 3.63) is 0 Å². The van der Waals surface area contributed by atoms with E-state index in [9.17, 15) is 13.6 Å². The normalized spacial score (nSPS) is 13.8. The molecule has 0 aliphatic rings. The third kappa shape index (κ3) is 3.53. The van der Waals surface area contributed by atoms with Crippen LogP contribution >= 0.6 is 7.60 Å². The Morgan fingerprint density at radius 2 is 1.77 bits per heavy atom. The van der Waals surface area contributed by atoms with Gasteiger partial charge in [0.05, 0.1) is 7.11 Å². The summed E-state index contributed by atoms with van der Waals surface area (Å²) in [5, 5.41) is 0. The lowest BCUT2D eigenvalue weighted by atomic mass is 11.4. The minimum Gasteiger partial charge on any atom is -0.305 e. The van der Waals surface area contributed by atoms with E-state index < -0.39 is 24.5 Å². The van der Waals surface area contributed by atoms with E-state index in [0.29, 0.717) is 0 Å². The second kappa shape index (κ2) is 5.46. The Bertz CT molecular complexity index is 247. The lowest BCUT2D eigenvalue weighted by Gasteiger charge is -2.11. The fraction of sp³-hybridized carbons (Fsp3) is 0.750. The van der Waals surface area contributed by atoms with Crippen LogP contribution in [0.5, 0.6) is 0 Å². The molecule has 0 rings (SSSR count). The largest absolute Gasteiger partial charge is 0.418 e. The molecule has 0 fully saturated rings. The fourth-order valence-electron chi connectivity index (χ4n) is 0.409. The first-order valence-corrected chi connectivity index (χ1v) is 5.61. The summed E-state index contributed by atoms with van der Waals surface area (Å²) in [7, 11) is -0.668. The molecule has 13 heavy (non-hydrogen) atoms. The Morgan fingerprint density at radius 3 is 2.08 bits per heavy atom. The molecule has 0 spiro atoms. The highest BCUT2D eigenvalue weighted by atomic mass is 32.2. The zero-order valence-corrected chi connectivity index (χ0v) is 9.02. The molecule has 0 aromatic rings. The van der Waals surface area contributed by atoms with Crippen LogP contribution in [0.1, 0.15) is 0 Å². The standard InChI is InChI=1S/C4H10NO6PS/c1-9-12(7,10-2)4(6)5-13(8)11-3/h1-3H3,(H,5,6). The number of hydrogen-bond donors (Lipinski definition) is 1. The highest BCUT2D eigenvalue weighted by Gasteiger charge is 2.33. The van der Waals surface area contributed by atoms with Crippen LogP contribution in [0.4, 0.5) is 4.79 Å². The van der Waals surface area contributed by atoms with Crippen LogP contribution in [0.2, 0.25) is 0 Å². The maximum absolute atomic E-state index is 11.3. The number of carbonyl (C=O) groups excluding carboxylic acids is 1. The SMILES string of the molecule is COS(=O)NC(=O)P(=O)(OC)OC. The molecule has 0 aliphatic carbocycles. The molecule has 0 aromatic carbocycles. The van der Waals surface area contributed by atoms with Gasteiger partial charge in [-0.15, -0.1) is 0 Å². The monoisotopic (exact) mass is 231 g/mol. The Morgan fingerprint density at radius 1 is 1.31 bits per heavy atom. The number of amides is 1. The van der Waals surface area contributed by atoms with E-state index in [4.69, 9.17) is 0 Å². The lowest BCUT2D eigenvalue weighted by molar-refractivity contribution is 0.237. The molecule has 9 heteroatoms. The molecule has 1 N–H and O–H groups in total. The summed E-state index contributed by atoms with van der Waals surface area (Å²) < 4.78 is 36.5. The molecule has 0 radical (unpaired) electrons. The van der Waals surface area contributed by atoms with Gasteiger partial charge in [-0.2, -0.15) is 0 Å². The van der Waals surface area contributed by atoms with Gasteiger partial charge in [0.1, 0.15) is 0 Å². The molecule has 78 valence electrons. The predicted molar refractivity (Wildman–Crippen MR) is 45.3 cm³/mol. The molecule has 0 aliphatic heterocycles. The highest BCUT2D eigenvalue weighted by Crippen LogP contribution is 2.46. The minimum absolute atomic E-state index is 1.04. The molecule has 1 amide bonds. The fourth-order valence-corrected chi connectivity index (χ4v) is 1.79. The molecule has 0 saturated carbocycles. The van der Waals surface area contributed by atoms with Gasteiger partial charge >= 0.3 is 13.2 Å². The number of nitrogens with one attached hydrogen (secondary N) is 1. The number of hydrogen-bond acceptors (Lipinski definition) is 6. The Labute approximate surface area is 78.1 Å². The topological polar surface area (TPSA) is 90.9 Å². The van der Waals surface area contributed by atoms with E-state index in [1.54, 1.807) is 4.72 Å². The highest BCUT2D eigenvalue weighted by molar-refractivity contribution is 7.82. The van der Waals surface area contributed by atoms with Crippen LogP contribution < -0.4 is 4.72 Å². The molecule has 0 bridgehead atoms. The van der Waals surface area contributed by atoms with Crippen molar-refractivity contribution in [1.29, 1.82) is 0 Å². The zero-order chi connectivity index (χ0) is 10.5. The number of rotatable bonds is 5. The maximum atomic E-state index is 11.3. The van der Waals surface area contributed by atoms with Crippen molar-refractivity contribution >= 4 is 24.5 Å². The van der Waals surface area contributed by atoms with Crippen LogP contribution in [0.3, 0.4) is 0 Å². The van der Waals surface area contributed by atoms with Crippen molar-refractivity contribution < 1.29 is 26.8 Å². The molecule has 0 aromatic heterocycles. The van der Waals surface area contributed by atoms with Crippen LogP contribution in [-0.2, 0) is 29.1 Å². The van der Waals surface area contributed by atoms with Crippen molar-refractivity contribution in [3.8, 4) is 0 Å². The van der Waals surface area contributed by atoms with Gasteiger partial charge in [-0.1, -0.05) is 0 Å². The first-order chi connectivity index (χ1) is 6.00. The first-order valence-electron chi connectivity index (χ1n) is 2.99. The zero-order valence-electron chi connectivity index (χ0n) is 7.30. The lowest BCUT2D eigenvalue weighted by Crippen LogP contribution is -2.25. The van der Waals surface area contributed by atoms with E-state index in [1.807, 2.05) is 0 Å². The second-order valence-corrected chi connectivity index (χ2v) is 4.81. The summed E-state index contributed by atoms with van der Waals surface area (Å²) in [6, 6.07) is 0. The predicted octanol–water partition coefficient (Wildman–Crippen LogP) is 0.407. The summed E-state index contributed by atoms with van der Waals surface area (Å²) in [6.45, 7) is 0. The van der Waals surface area contributed by atoms with Crippen molar-refractivity contribution in [2.24, 2.45) is 0 Å². The summed E-state index contributed by atoms with van der Waals surface area (Å²) >= 11 is -2.04. The van der Waals surface area contributed by atoms with Gasteiger partial charge in [0.15, 0.2) is 0 Å². The minimum atomic E-state index is -3.86. The van der Waals surface area contributed by atoms with Crippen LogP contribution in [0, 0.1) is 0 Å². The van der Waals surface area contributed by atoms with Crippen LogP contribution in [-0.4, -0.2) is 31.2 Å². The third-order valence-corrected chi connectivity index (χ3v) is 3.43. The molecule has 0 saturated heterocycles. The molecule has 7 nitrogen and oxygen atoms in total. The van der Waals surface area contributed by atoms with Gasteiger partial charge in [0.25, 0.3) is 11.3 Å². The second-order valence-electron chi connectivity index (χ2n) is 1.67. The Balaban J connectivity index is 4.41. The van der Waals surface area contributed by atoms with E-state index in [2.05, 4.69) is 13.2 Å². The van der Waals surface area contributed by atoms with Crippen molar-refractivity contribution in [2.75, 3.05) is 21.3 Å². The van der Waals surface area contributed by atoms with E-state index >= 15 is 0 Å². The average Bonchev–Trinajstić information content (AvgIpc) is 2.16. The van der Waals surface area contributed by atoms with E-state index in [-0.39, 0.29) is 0 Å². The average molecular weight is 231 g/mol. The first kappa shape index (κ1) is 12.7. The third-order valence-electron chi connectivity index (χ3n) is 1.05. The summed E-state index contributed by atoms with van der Waals surface area (Å²) in [5.41, 5.74) is -1.11. The van der Waals surface area contributed by atoms with E-state index in [1.165, 1.54) is 0 Å². The molecule has 1 atom stereocenters. The quantitative estimate of drug-likeness (QED) is 0.689. The smallest absolute Gasteiger partial charge is 0.305 e. The molecular weight excluding hydrogens is 221 g/mol. The van der Waals surface area contributed by atoms with Gasteiger partial charge in [0, 0.05) is 14.2 Å². The van der Waals surface area contributed by atoms with Crippen molar-refractivity contribution in [1.82, 2.24) is 4.72 Å². The Kier molecular flexibility index (Phi) is 5.34. The van der Waals surface area contributed by atoms with Crippen LogP contribution in [0.25, 0.3) is 0 Å². The number of carbonyl (C=O) groups is 1. The summed E-state index contributed by atoms with van der Waals surface area (Å²) in [6.07, 6.45) is 0. The Hall–Kier alpha value is -0.270. The van der Waals surface area contributed by atoms with E-state index in [0.717, 1.165) is 21.3 Å². The summed E-state index contributed by atoms with van der Waals surface area (Å²) in [5.74, 6) is 0. The van der Waals surface area contributed by atoms with Gasteiger partial charge in [-0.25, -0.2) is 13.5 Å². The van der Waals surface area contributed by atoms with Gasteiger partial charge in [0.2, 0.25) is 0 Å². The molecule has 0 heterocycles. The van der Waals surface area contributed by atoms with Crippen LogP contribution in [0.15, 0.2) is 0 Å². The van der Waals surface area contributed by atoms with Crippen molar-refractivity contribution in [2.45, 2.75) is 0 Å². The molecular formula is C4H10NO6PS. The maximum Gasteiger partial charge on any atom is 0.418 e. The van der Waals surface area contributed by atoms with Gasteiger partial charge in [-0.05, 0) is 0 Å². The molecule has 1 unspecified atom stereocenters. The van der Waals surface area contributed by atoms with Gasteiger partial charge in [-0.3, -0.25) is 8.98 Å². The van der Waals surface area contributed by atoms with Crippen molar-refractivity contribution in [3.63, 3.8) is 0 Å². The summed E-state index contributed by atoms with van der Waals surface area (Å²) in [4.78, 5) is 11.0. The van der Waals surface area contributed by atoms with Gasteiger partial charge < -0.3 is 9.05 Å².